The fourth-order valence-electron chi connectivity index (χ4n) is 2.99. The van der Waals surface area contributed by atoms with Crippen molar-refractivity contribution in [3.05, 3.63) is 0 Å². The third kappa shape index (κ3) is 4.65. The molecule has 108 valence electrons. The van der Waals surface area contributed by atoms with Crippen LogP contribution in [-0.4, -0.2) is 27.8 Å². The SMILES string of the molecule is CCCCS(=O)C1CC(C(C)C)CCC1NCC. The zero-order valence-corrected chi connectivity index (χ0v) is 13.4. The van der Waals surface area contributed by atoms with Crippen LogP contribution in [0.15, 0.2) is 0 Å². The first-order chi connectivity index (χ1) is 8.60. The van der Waals surface area contributed by atoms with Crippen LogP contribution in [0.5, 0.6) is 0 Å². The first-order valence-electron chi connectivity index (χ1n) is 7.70. The maximum absolute atomic E-state index is 12.5. The van der Waals surface area contributed by atoms with Crippen LogP contribution in [0.1, 0.15) is 59.8 Å². The number of hydrogen-bond acceptors (Lipinski definition) is 2. The van der Waals surface area contributed by atoms with Gasteiger partial charge in [-0.1, -0.05) is 34.1 Å². The van der Waals surface area contributed by atoms with Crippen molar-refractivity contribution >= 4 is 10.8 Å². The molecule has 0 aliphatic heterocycles. The van der Waals surface area contributed by atoms with E-state index in [4.69, 9.17) is 0 Å². The minimum absolute atomic E-state index is 0.387. The second kappa shape index (κ2) is 8.31. The summed E-state index contributed by atoms with van der Waals surface area (Å²) in [7, 11) is -0.638. The zero-order chi connectivity index (χ0) is 13.5. The first-order valence-corrected chi connectivity index (χ1v) is 9.08. The summed E-state index contributed by atoms with van der Waals surface area (Å²) in [5.74, 6) is 2.40. The Morgan fingerprint density at radius 2 is 2.00 bits per heavy atom. The van der Waals surface area contributed by atoms with E-state index in [1.54, 1.807) is 0 Å². The Labute approximate surface area is 116 Å². The lowest BCUT2D eigenvalue weighted by atomic mass is 9.79. The van der Waals surface area contributed by atoms with Gasteiger partial charge >= 0.3 is 0 Å². The van der Waals surface area contributed by atoms with Gasteiger partial charge in [-0.05, 0) is 44.1 Å². The maximum atomic E-state index is 12.5. The molecule has 1 saturated carbocycles. The highest BCUT2D eigenvalue weighted by Crippen LogP contribution is 2.33. The summed E-state index contributed by atoms with van der Waals surface area (Å²) in [5.41, 5.74) is 0. The molecular weight excluding hydrogens is 242 g/mol. The van der Waals surface area contributed by atoms with Crippen molar-refractivity contribution in [2.45, 2.75) is 71.1 Å². The lowest BCUT2D eigenvalue weighted by molar-refractivity contribution is 0.245. The molecule has 4 unspecified atom stereocenters. The van der Waals surface area contributed by atoms with Crippen LogP contribution in [0, 0.1) is 11.8 Å². The highest BCUT2D eigenvalue weighted by Gasteiger charge is 2.34. The van der Waals surface area contributed by atoms with Gasteiger partial charge in [-0.15, -0.1) is 0 Å². The number of nitrogens with one attached hydrogen (secondary N) is 1. The van der Waals surface area contributed by atoms with Crippen LogP contribution in [0.4, 0.5) is 0 Å². The van der Waals surface area contributed by atoms with Crippen molar-refractivity contribution in [1.82, 2.24) is 5.32 Å². The minimum Gasteiger partial charge on any atom is -0.313 e. The summed E-state index contributed by atoms with van der Waals surface area (Å²) in [5, 5.41) is 3.95. The quantitative estimate of drug-likeness (QED) is 0.771. The van der Waals surface area contributed by atoms with Gasteiger partial charge in [0.05, 0.1) is 5.25 Å². The van der Waals surface area contributed by atoms with Gasteiger partial charge < -0.3 is 5.32 Å². The van der Waals surface area contributed by atoms with Crippen molar-refractivity contribution in [3.8, 4) is 0 Å². The Hall–Kier alpha value is 0.110. The van der Waals surface area contributed by atoms with Gasteiger partial charge in [0, 0.05) is 22.6 Å². The van der Waals surface area contributed by atoms with E-state index < -0.39 is 10.8 Å². The molecule has 18 heavy (non-hydrogen) atoms. The molecule has 0 spiro atoms. The number of rotatable bonds is 7. The standard InChI is InChI=1S/C15H31NOS/c1-5-7-10-18(17)15-11-13(12(3)4)8-9-14(15)16-6-2/h12-16H,5-11H2,1-4H3. The van der Waals surface area contributed by atoms with Gasteiger partial charge in [0.25, 0.3) is 0 Å². The van der Waals surface area contributed by atoms with E-state index in [9.17, 15) is 4.21 Å². The summed E-state index contributed by atoms with van der Waals surface area (Å²) < 4.78 is 12.5. The summed E-state index contributed by atoms with van der Waals surface area (Å²) in [6.45, 7) is 9.95. The third-order valence-electron chi connectivity index (χ3n) is 4.28. The molecule has 1 N–H and O–H groups in total. The molecule has 1 fully saturated rings. The molecule has 1 aliphatic carbocycles. The number of unbranched alkanes of at least 4 members (excludes halogenated alkanes) is 1. The van der Waals surface area contributed by atoms with E-state index >= 15 is 0 Å². The van der Waals surface area contributed by atoms with Gasteiger partial charge in [0.15, 0.2) is 0 Å². The van der Waals surface area contributed by atoms with Crippen molar-refractivity contribution in [1.29, 1.82) is 0 Å². The van der Waals surface area contributed by atoms with Crippen LogP contribution < -0.4 is 5.32 Å². The topological polar surface area (TPSA) is 29.1 Å². The molecule has 2 nitrogen and oxygen atoms in total. The van der Waals surface area contributed by atoms with Crippen LogP contribution in [-0.2, 0) is 10.8 Å². The normalized spacial score (nSPS) is 30.6. The molecule has 3 heteroatoms. The van der Waals surface area contributed by atoms with Crippen molar-refractivity contribution in [2.75, 3.05) is 12.3 Å². The highest BCUT2D eigenvalue weighted by molar-refractivity contribution is 7.85. The van der Waals surface area contributed by atoms with E-state index in [2.05, 4.69) is 33.0 Å². The largest absolute Gasteiger partial charge is 0.313 e. The van der Waals surface area contributed by atoms with E-state index in [1.807, 2.05) is 0 Å². The van der Waals surface area contributed by atoms with Crippen molar-refractivity contribution in [3.63, 3.8) is 0 Å². The summed E-state index contributed by atoms with van der Waals surface area (Å²) in [6.07, 6.45) is 5.92. The summed E-state index contributed by atoms with van der Waals surface area (Å²) in [6, 6.07) is 0.489. The fraction of sp³-hybridized carbons (Fsp3) is 1.00. The Balaban J connectivity index is 2.62. The molecule has 0 bridgehead atoms. The van der Waals surface area contributed by atoms with Crippen molar-refractivity contribution < 1.29 is 4.21 Å². The molecule has 0 aromatic heterocycles. The lowest BCUT2D eigenvalue weighted by Crippen LogP contribution is -2.47. The van der Waals surface area contributed by atoms with Gasteiger partial charge in [0.1, 0.15) is 0 Å². The van der Waals surface area contributed by atoms with Gasteiger partial charge in [-0.25, -0.2) is 0 Å². The predicted molar refractivity (Wildman–Crippen MR) is 81.3 cm³/mol. The molecule has 0 saturated heterocycles. The molecule has 0 amide bonds. The van der Waals surface area contributed by atoms with Crippen molar-refractivity contribution in [2.24, 2.45) is 11.8 Å². The van der Waals surface area contributed by atoms with Gasteiger partial charge in [-0.2, -0.15) is 0 Å². The second-order valence-corrected chi connectivity index (χ2v) is 7.73. The summed E-state index contributed by atoms with van der Waals surface area (Å²) >= 11 is 0. The molecule has 1 rings (SSSR count). The highest BCUT2D eigenvalue weighted by atomic mass is 32.2. The molecular formula is C15H31NOS. The molecule has 0 heterocycles. The van der Waals surface area contributed by atoms with E-state index in [-0.39, 0.29) is 0 Å². The summed E-state index contributed by atoms with van der Waals surface area (Å²) in [4.78, 5) is 0. The minimum atomic E-state index is -0.638. The monoisotopic (exact) mass is 273 g/mol. The van der Waals surface area contributed by atoms with E-state index in [1.165, 1.54) is 12.8 Å². The molecule has 0 aromatic carbocycles. The van der Waals surface area contributed by atoms with Crippen LogP contribution in [0.25, 0.3) is 0 Å². The molecule has 0 radical (unpaired) electrons. The smallest absolute Gasteiger partial charge is 0.0503 e. The fourth-order valence-corrected chi connectivity index (χ4v) is 4.93. The average molecular weight is 273 g/mol. The first kappa shape index (κ1) is 16.2. The Bertz CT molecular complexity index is 255. The zero-order valence-electron chi connectivity index (χ0n) is 12.6. The molecule has 1 aliphatic rings. The van der Waals surface area contributed by atoms with Crippen LogP contribution in [0.3, 0.4) is 0 Å². The lowest BCUT2D eigenvalue weighted by Gasteiger charge is -2.37. The third-order valence-corrected chi connectivity index (χ3v) is 6.17. The Morgan fingerprint density at radius 1 is 1.28 bits per heavy atom. The van der Waals surface area contributed by atoms with E-state index in [0.717, 1.165) is 43.4 Å². The molecule has 4 atom stereocenters. The maximum Gasteiger partial charge on any atom is 0.0503 e. The predicted octanol–water partition coefficient (Wildman–Crippen LogP) is 3.34. The van der Waals surface area contributed by atoms with Crippen LogP contribution in [0.2, 0.25) is 0 Å². The van der Waals surface area contributed by atoms with E-state index in [0.29, 0.717) is 11.3 Å². The Kier molecular flexibility index (Phi) is 7.47. The van der Waals surface area contributed by atoms with Gasteiger partial charge in [-0.3, -0.25) is 4.21 Å². The van der Waals surface area contributed by atoms with Gasteiger partial charge in [0.2, 0.25) is 0 Å². The number of hydrogen-bond donors (Lipinski definition) is 1. The Morgan fingerprint density at radius 3 is 2.56 bits per heavy atom. The molecule has 0 aromatic rings. The second-order valence-electron chi connectivity index (χ2n) is 5.96. The van der Waals surface area contributed by atoms with Crippen LogP contribution >= 0.6 is 0 Å². The average Bonchev–Trinajstić information content (AvgIpc) is 2.36.